The molecule has 4 nitrogen and oxygen atoms in total. The van der Waals surface area contributed by atoms with E-state index in [2.05, 4.69) is 4.72 Å². The molecule has 0 unspecified atom stereocenters. The first-order valence-corrected chi connectivity index (χ1v) is 9.12. The van der Waals surface area contributed by atoms with Crippen LogP contribution in [0.1, 0.15) is 12.0 Å². The first-order chi connectivity index (χ1) is 11.6. The summed E-state index contributed by atoms with van der Waals surface area (Å²) < 4.78 is 27.2. The molecule has 0 aliphatic heterocycles. The first kappa shape index (κ1) is 16.2. The van der Waals surface area contributed by atoms with Gasteiger partial charge in [0.25, 0.3) is 10.0 Å². The molecular weight excluding hydrogens is 322 g/mol. The van der Waals surface area contributed by atoms with E-state index in [1.807, 2.05) is 48.5 Å². The molecule has 0 saturated carbocycles. The maximum absolute atomic E-state index is 12.5. The largest absolute Gasteiger partial charge is 0.274 e. The minimum Gasteiger partial charge on any atom is -0.274 e. The third kappa shape index (κ3) is 3.63. The maximum atomic E-state index is 12.5. The van der Waals surface area contributed by atoms with Crippen LogP contribution in [-0.2, 0) is 21.2 Å². The number of hydrogen-bond acceptors (Lipinski definition) is 3. The summed E-state index contributed by atoms with van der Waals surface area (Å²) in [5.41, 5.74) is 0.996. The number of rotatable bonds is 5. The van der Waals surface area contributed by atoms with E-state index < -0.39 is 15.9 Å². The van der Waals surface area contributed by atoms with Crippen molar-refractivity contribution >= 4 is 26.7 Å². The SMILES string of the molecule is O=C(CCc1ccccc1)NS(=O)(=O)c1cccc2ccccc12. The number of amides is 1. The van der Waals surface area contributed by atoms with Gasteiger partial charge in [-0.2, -0.15) is 0 Å². The van der Waals surface area contributed by atoms with Crippen LogP contribution in [-0.4, -0.2) is 14.3 Å². The van der Waals surface area contributed by atoms with Crippen LogP contribution in [0.2, 0.25) is 0 Å². The van der Waals surface area contributed by atoms with Crippen LogP contribution in [0.15, 0.2) is 77.7 Å². The third-order valence-electron chi connectivity index (χ3n) is 3.77. The Bertz CT molecular complexity index is 961. The number of nitrogens with one attached hydrogen (secondary N) is 1. The molecule has 0 aromatic heterocycles. The van der Waals surface area contributed by atoms with Crippen molar-refractivity contribution in [2.75, 3.05) is 0 Å². The fourth-order valence-corrected chi connectivity index (χ4v) is 3.83. The highest BCUT2D eigenvalue weighted by Crippen LogP contribution is 2.22. The zero-order valence-corrected chi connectivity index (χ0v) is 13.8. The number of carbonyl (C=O) groups is 1. The van der Waals surface area contributed by atoms with E-state index in [1.165, 1.54) is 6.07 Å². The van der Waals surface area contributed by atoms with Gasteiger partial charge < -0.3 is 0 Å². The van der Waals surface area contributed by atoms with Gasteiger partial charge in [-0.3, -0.25) is 4.79 Å². The lowest BCUT2D eigenvalue weighted by atomic mass is 10.1. The van der Waals surface area contributed by atoms with Crippen molar-refractivity contribution in [2.24, 2.45) is 0 Å². The molecule has 1 amide bonds. The van der Waals surface area contributed by atoms with Crippen molar-refractivity contribution in [1.29, 1.82) is 0 Å². The molecule has 3 aromatic carbocycles. The standard InChI is InChI=1S/C19H17NO3S/c21-19(14-13-15-7-2-1-3-8-15)20-24(22,23)18-12-6-10-16-9-4-5-11-17(16)18/h1-12H,13-14H2,(H,20,21). The van der Waals surface area contributed by atoms with Gasteiger partial charge in [0, 0.05) is 11.8 Å². The van der Waals surface area contributed by atoms with Gasteiger partial charge in [-0.25, -0.2) is 13.1 Å². The topological polar surface area (TPSA) is 63.2 Å². The van der Waals surface area contributed by atoms with E-state index in [0.29, 0.717) is 11.8 Å². The summed E-state index contributed by atoms with van der Waals surface area (Å²) >= 11 is 0. The lowest BCUT2D eigenvalue weighted by molar-refractivity contribution is -0.119. The van der Waals surface area contributed by atoms with Gasteiger partial charge in [-0.1, -0.05) is 66.7 Å². The molecule has 0 radical (unpaired) electrons. The minimum atomic E-state index is -3.89. The fraction of sp³-hybridized carbons (Fsp3) is 0.105. The van der Waals surface area contributed by atoms with Crippen molar-refractivity contribution in [2.45, 2.75) is 17.7 Å². The second-order valence-corrected chi connectivity index (χ2v) is 7.14. The van der Waals surface area contributed by atoms with Crippen molar-refractivity contribution in [3.05, 3.63) is 78.4 Å². The third-order valence-corrected chi connectivity index (χ3v) is 5.20. The zero-order valence-electron chi connectivity index (χ0n) is 13.0. The van der Waals surface area contributed by atoms with Crippen molar-refractivity contribution in [3.8, 4) is 0 Å². The number of fused-ring (bicyclic) bond motifs is 1. The van der Waals surface area contributed by atoms with E-state index in [1.54, 1.807) is 18.2 Å². The molecule has 0 saturated heterocycles. The Hall–Kier alpha value is -2.66. The number of carbonyl (C=O) groups excluding carboxylic acids is 1. The van der Waals surface area contributed by atoms with Crippen LogP contribution in [0.4, 0.5) is 0 Å². The summed E-state index contributed by atoms with van der Waals surface area (Å²) in [6.07, 6.45) is 0.617. The molecule has 1 N–H and O–H groups in total. The average Bonchev–Trinajstić information content (AvgIpc) is 2.60. The van der Waals surface area contributed by atoms with E-state index in [0.717, 1.165) is 10.9 Å². The van der Waals surface area contributed by atoms with Crippen LogP contribution in [0.25, 0.3) is 10.8 Å². The van der Waals surface area contributed by atoms with E-state index in [9.17, 15) is 13.2 Å². The Balaban J connectivity index is 1.77. The molecule has 5 heteroatoms. The summed E-state index contributed by atoms with van der Waals surface area (Å²) in [5.74, 6) is -0.508. The summed E-state index contributed by atoms with van der Waals surface area (Å²) in [6.45, 7) is 0. The number of sulfonamides is 1. The van der Waals surface area contributed by atoms with Gasteiger partial charge in [0.2, 0.25) is 5.91 Å². The van der Waals surface area contributed by atoms with Crippen LogP contribution in [0.5, 0.6) is 0 Å². The van der Waals surface area contributed by atoms with Gasteiger partial charge in [0.15, 0.2) is 0 Å². The monoisotopic (exact) mass is 339 g/mol. The highest BCUT2D eigenvalue weighted by molar-refractivity contribution is 7.90. The summed E-state index contributed by atoms with van der Waals surface area (Å²) in [7, 11) is -3.89. The van der Waals surface area contributed by atoms with Crippen molar-refractivity contribution in [3.63, 3.8) is 0 Å². The molecule has 0 heterocycles. The lowest BCUT2D eigenvalue weighted by Crippen LogP contribution is -2.30. The van der Waals surface area contributed by atoms with E-state index >= 15 is 0 Å². The van der Waals surface area contributed by atoms with E-state index in [4.69, 9.17) is 0 Å². The molecule has 0 bridgehead atoms. The fourth-order valence-electron chi connectivity index (χ4n) is 2.59. The highest BCUT2D eigenvalue weighted by Gasteiger charge is 2.19. The van der Waals surface area contributed by atoms with Crippen LogP contribution < -0.4 is 4.72 Å². The molecule has 122 valence electrons. The van der Waals surface area contributed by atoms with Gasteiger partial charge in [-0.05, 0) is 23.4 Å². The molecule has 0 aliphatic rings. The molecule has 0 aliphatic carbocycles. The Morgan fingerprint density at radius 3 is 2.29 bits per heavy atom. The molecular formula is C19H17NO3S. The van der Waals surface area contributed by atoms with Gasteiger partial charge >= 0.3 is 0 Å². The lowest BCUT2D eigenvalue weighted by Gasteiger charge is -2.09. The van der Waals surface area contributed by atoms with Gasteiger partial charge in [-0.15, -0.1) is 0 Å². The summed E-state index contributed by atoms with van der Waals surface area (Å²) in [6, 6.07) is 21.7. The number of benzene rings is 3. The first-order valence-electron chi connectivity index (χ1n) is 7.63. The van der Waals surface area contributed by atoms with E-state index in [-0.39, 0.29) is 11.3 Å². The second kappa shape index (κ2) is 6.84. The van der Waals surface area contributed by atoms with Crippen molar-refractivity contribution in [1.82, 2.24) is 4.72 Å². The quantitative estimate of drug-likeness (QED) is 0.776. The Labute approximate surface area is 141 Å². The summed E-state index contributed by atoms with van der Waals surface area (Å²) in [4.78, 5) is 12.2. The highest BCUT2D eigenvalue weighted by atomic mass is 32.2. The van der Waals surface area contributed by atoms with Crippen molar-refractivity contribution < 1.29 is 13.2 Å². The Kier molecular flexibility index (Phi) is 4.62. The van der Waals surface area contributed by atoms with Crippen LogP contribution >= 0.6 is 0 Å². The molecule has 0 spiro atoms. The zero-order chi connectivity index (χ0) is 17.0. The summed E-state index contributed by atoms with van der Waals surface area (Å²) in [5, 5.41) is 1.42. The second-order valence-electron chi connectivity index (χ2n) is 5.49. The Morgan fingerprint density at radius 1 is 0.833 bits per heavy atom. The molecule has 0 fully saturated rings. The maximum Gasteiger partial charge on any atom is 0.264 e. The molecule has 24 heavy (non-hydrogen) atoms. The number of aryl methyl sites for hydroxylation is 1. The molecule has 3 rings (SSSR count). The normalized spacial score (nSPS) is 11.3. The van der Waals surface area contributed by atoms with Gasteiger partial charge in [0.05, 0.1) is 4.90 Å². The minimum absolute atomic E-state index is 0.119. The smallest absolute Gasteiger partial charge is 0.264 e. The average molecular weight is 339 g/mol. The predicted molar refractivity (Wildman–Crippen MR) is 94.0 cm³/mol. The predicted octanol–water partition coefficient (Wildman–Crippen LogP) is 3.28. The molecule has 0 atom stereocenters. The Morgan fingerprint density at radius 2 is 1.50 bits per heavy atom. The van der Waals surface area contributed by atoms with Gasteiger partial charge in [0.1, 0.15) is 0 Å². The number of hydrogen-bond donors (Lipinski definition) is 1. The molecule has 3 aromatic rings. The van der Waals surface area contributed by atoms with Crippen LogP contribution in [0.3, 0.4) is 0 Å². The van der Waals surface area contributed by atoms with Crippen LogP contribution in [0, 0.1) is 0 Å².